The molecule has 1 aromatic carbocycles. The Labute approximate surface area is 92.5 Å². The summed E-state index contributed by atoms with van der Waals surface area (Å²) in [6.07, 6.45) is 1.72. The van der Waals surface area contributed by atoms with Gasteiger partial charge in [0.1, 0.15) is 0 Å². The minimum absolute atomic E-state index is 0.584. The first-order valence-corrected chi connectivity index (χ1v) is 5.33. The van der Waals surface area contributed by atoms with Crippen LogP contribution in [0.15, 0.2) is 22.7 Å². The Morgan fingerprint density at radius 2 is 2.23 bits per heavy atom. The lowest BCUT2D eigenvalue weighted by Crippen LogP contribution is -2.08. The van der Waals surface area contributed by atoms with Crippen molar-refractivity contribution in [2.45, 2.75) is 19.8 Å². The Morgan fingerprint density at radius 3 is 2.77 bits per heavy atom. The van der Waals surface area contributed by atoms with Crippen LogP contribution >= 0.6 is 28.1 Å². The van der Waals surface area contributed by atoms with Crippen molar-refractivity contribution in [2.24, 2.45) is 5.73 Å². The van der Waals surface area contributed by atoms with Gasteiger partial charge in [-0.15, -0.1) is 0 Å². The van der Waals surface area contributed by atoms with Crippen LogP contribution in [0.4, 0.5) is 0 Å². The van der Waals surface area contributed by atoms with E-state index in [2.05, 4.69) is 41.1 Å². The predicted octanol–water partition coefficient (Wildman–Crippen LogP) is 2.98. The highest BCUT2D eigenvalue weighted by molar-refractivity contribution is 9.10. The summed E-state index contributed by atoms with van der Waals surface area (Å²) in [4.78, 5) is 0.584. The SMILES string of the molecule is Cc1cc(CCC(N)=S)ccc1Br. The van der Waals surface area contributed by atoms with Crippen molar-refractivity contribution in [3.8, 4) is 0 Å². The molecule has 13 heavy (non-hydrogen) atoms. The van der Waals surface area contributed by atoms with Crippen molar-refractivity contribution < 1.29 is 0 Å². The van der Waals surface area contributed by atoms with Gasteiger partial charge >= 0.3 is 0 Å². The van der Waals surface area contributed by atoms with E-state index in [1.54, 1.807) is 0 Å². The van der Waals surface area contributed by atoms with Gasteiger partial charge in [-0.25, -0.2) is 0 Å². The summed E-state index contributed by atoms with van der Waals surface area (Å²) in [5, 5.41) is 0. The molecule has 1 rings (SSSR count). The second kappa shape index (κ2) is 4.72. The molecule has 0 unspecified atom stereocenters. The van der Waals surface area contributed by atoms with Gasteiger partial charge in [0, 0.05) is 10.9 Å². The molecular weight excluding hydrogens is 246 g/mol. The standard InChI is InChI=1S/C10H12BrNS/c1-7-6-8(2-4-9(7)11)3-5-10(12)13/h2,4,6H,3,5H2,1H3,(H2,12,13). The van der Waals surface area contributed by atoms with E-state index in [-0.39, 0.29) is 0 Å². The third-order valence-electron chi connectivity index (χ3n) is 1.88. The fourth-order valence-electron chi connectivity index (χ4n) is 1.13. The molecule has 0 saturated carbocycles. The molecule has 0 aliphatic heterocycles. The largest absolute Gasteiger partial charge is 0.393 e. The monoisotopic (exact) mass is 257 g/mol. The topological polar surface area (TPSA) is 26.0 Å². The first kappa shape index (κ1) is 10.7. The van der Waals surface area contributed by atoms with Gasteiger partial charge < -0.3 is 5.73 Å². The van der Waals surface area contributed by atoms with E-state index in [0.29, 0.717) is 4.99 Å². The van der Waals surface area contributed by atoms with E-state index in [1.165, 1.54) is 11.1 Å². The van der Waals surface area contributed by atoms with Crippen molar-refractivity contribution in [2.75, 3.05) is 0 Å². The van der Waals surface area contributed by atoms with Gasteiger partial charge in [0.2, 0.25) is 0 Å². The molecule has 70 valence electrons. The molecule has 0 heterocycles. The van der Waals surface area contributed by atoms with E-state index < -0.39 is 0 Å². The zero-order valence-corrected chi connectivity index (χ0v) is 9.91. The highest BCUT2D eigenvalue weighted by Gasteiger charge is 1.98. The number of rotatable bonds is 3. The molecule has 1 nitrogen and oxygen atoms in total. The van der Waals surface area contributed by atoms with Crippen LogP contribution in [-0.2, 0) is 6.42 Å². The van der Waals surface area contributed by atoms with E-state index >= 15 is 0 Å². The van der Waals surface area contributed by atoms with Gasteiger partial charge in [-0.1, -0.05) is 40.3 Å². The van der Waals surface area contributed by atoms with E-state index in [4.69, 9.17) is 18.0 Å². The highest BCUT2D eigenvalue weighted by atomic mass is 79.9. The number of hydrogen-bond acceptors (Lipinski definition) is 1. The molecule has 0 saturated heterocycles. The number of benzene rings is 1. The van der Waals surface area contributed by atoms with Crippen LogP contribution < -0.4 is 5.73 Å². The number of aryl methyl sites for hydroxylation is 2. The Morgan fingerprint density at radius 1 is 1.54 bits per heavy atom. The molecule has 0 radical (unpaired) electrons. The Kier molecular flexibility index (Phi) is 3.88. The zero-order valence-electron chi connectivity index (χ0n) is 7.51. The minimum atomic E-state index is 0.584. The van der Waals surface area contributed by atoms with Gasteiger partial charge in [0.15, 0.2) is 0 Å². The fourth-order valence-corrected chi connectivity index (χ4v) is 1.48. The summed E-state index contributed by atoms with van der Waals surface area (Å²) in [5.74, 6) is 0. The van der Waals surface area contributed by atoms with Crippen LogP contribution in [0.5, 0.6) is 0 Å². The van der Waals surface area contributed by atoms with Crippen LogP contribution in [0.2, 0.25) is 0 Å². The van der Waals surface area contributed by atoms with Gasteiger partial charge in [-0.05, 0) is 30.5 Å². The second-order valence-electron chi connectivity index (χ2n) is 3.05. The molecule has 3 heteroatoms. The Balaban J connectivity index is 2.68. The lowest BCUT2D eigenvalue weighted by molar-refractivity contribution is 1.04. The number of thiocarbonyl (C=S) groups is 1. The second-order valence-corrected chi connectivity index (χ2v) is 4.43. The maximum atomic E-state index is 5.43. The molecule has 0 aliphatic carbocycles. The first-order valence-electron chi connectivity index (χ1n) is 4.13. The molecule has 0 amide bonds. The highest BCUT2D eigenvalue weighted by Crippen LogP contribution is 2.17. The maximum Gasteiger partial charge on any atom is 0.0730 e. The maximum absolute atomic E-state index is 5.43. The molecule has 0 atom stereocenters. The van der Waals surface area contributed by atoms with Crippen molar-refractivity contribution >= 4 is 33.1 Å². The molecule has 2 N–H and O–H groups in total. The molecule has 0 fully saturated rings. The van der Waals surface area contributed by atoms with Crippen LogP contribution in [-0.4, -0.2) is 4.99 Å². The summed E-state index contributed by atoms with van der Waals surface area (Å²) in [6, 6.07) is 6.31. The summed E-state index contributed by atoms with van der Waals surface area (Å²) in [6.45, 7) is 2.08. The molecule has 0 bridgehead atoms. The third kappa shape index (κ3) is 3.44. The average molecular weight is 258 g/mol. The molecule has 1 aromatic rings. The van der Waals surface area contributed by atoms with E-state index in [0.717, 1.165) is 17.3 Å². The Hall–Kier alpha value is -0.410. The predicted molar refractivity (Wildman–Crippen MR) is 64.0 cm³/mol. The molecule has 0 spiro atoms. The lowest BCUT2D eigenvalue weighted by atomic mass is 10.1. The van der Waals surface area contributed by atoms with Gasteiger partial charge in [-0.3, -0.25) is 0 Å². The van der Waals surface area contributed by atoms with Crippen LogP contribution in [0.1, 0.15) is 17.5 Å². The van der Waals surface area contributed by atoms with Crippen molar-refractivity contribution in [1.29, 1.82) is 0 Å². The molecule has 0 aliphatic rings. The molecule has 0 aromatic heterocycles. The number of halogens is 1. The number of nitrogens with two attached hydrogens (primary N) is 1. The smallest absolute Gasteiger partial charge is 0.0730 e. The van der Waals surface area contributed by atoms with Gasteiger partial charge in [0.25, 0.3) is 0 Å². The summed E-state index contributed by atoms with van der Waals surface area (Å²) < 4.78 is 1.14. The van der Waals surface area contributed by atoms with Crippen molar-refractivity contribution in [3.05, 3.63) is 33.8 Å². The quantitative estimate of drug-likeness (QED) is 0.843. The lowest BCUT2D eigenvalue weighted by Gasteiger charge is -2.03. The van der Waals surface area contributed by atoms with Crippen LogP contribution in [0.3, 0.4) is 0 Å². The molecular formula is C10H12BrNS. The van der Waals surface area contributed by atoms with Crippen LogP contribution in [0.25, 0.3) is 0 Å². The Bertz CT molecular complexity index is 323. The summed E-state index contributed by atoms with van der Waals surface area (Å²) in [5.41, 5.74) is 7.97. The number of hydrogen-bond donors (Lipinski definition) is 1. The normalized spacial score (nSPS) is 10.0. The van der Waals surface area contributed by atoms with Crippen molar-refractivity contribution in [1.82, 2.24) is 0 Å². The third-order valence-corrected chi connectivity index (χ3v) is 2.98. The van der Waals surface area contributed by atoms with E-state index in [1.807, 2.05) is 0 Å². The average Bonchev–Trinajstić information content (AvgIpc) is 2.07. The van der Waals surface area contributed by atoms with Crippen molar-refractivity contribution in [3.63, 3.8) is 0 Å². The fraction of sp³-hybridized carbons (Fsp3) is 0.300. The summed E-state index contributed by atoms with van der Waals surface area (Å²) in [7, 11) is 0. The zero-order chi connectivity index (χ0) is 9.84. The van der Waals surface area contributed by atoms with Crippen LogP contribution in [0, 0.1) is 6.92 Å². The van der Waals surface area contributed by atoms with Gasteiger partial charge in [-0.2, -0.15) is 0 Å². The summed E-state index contributed by atoms with van der Waals surface area (Å²) >= 11 is 8.28. The minimum Gasteiger partial charge on any atom is -0.393 e. The van der Waals surface area contributed by atoms with Gasteiger partial charge in [0.05, 0.1) is 4.99 Å². The first-order chi connectivity index (χ1) is 6.09. The van der Waals surface area contributed by atoms with E-state index in [9.17, 15) is 0 Å².